The van der Waals surface area contributed by atoms with E-state index in [1.54, 1.807) is 18.3 Å². The average molecular weight is 320 g/mol. The topological polar surface area (TPSA) is 61.2 Å². The lowest BCUT2D eigenvalue weighted by atomic mass is 10.2. The van der Waals surface area contributed by atoms with Crippen LogP contribution >= 0.6 is 11.3 Å². The summed E-state index contributed by atoms with van der Waals surface area (Å²) in [4.78, 5) is 31.3. The van der Waals surface area contributed by atoms with E-state index in [9.17, 15) is 9.59 Å². The number of carbonyl (C=O) groups excluding carboxylic acids is 1. The van der Waals surface area contributed by atoms with Crippen LogP contribution in [0.15, 0.2) is 11.1 Å². The Hall–Kier alpha value is -1.69. The Morgan fingerprint density at radius 2 is 2.32 bits per heavy atom. The Morgan fingerprint density at radius 3 is 3.09 bits per heavy atom. The van der Waals surface area contributed by atoms with Crippen LogP contribution in [0.1, 0.15) is 49.6 Å². The molecular weight excluding hydrogens is 300 g/mol. The van der Waals surface area contributed by atoms with E-state index < -0.39 is 6.04 Å². The minimum Gasteiger partial charge on any atom is -0.464 e. The molecule has 5 nitrogen and oxygen atoms in total. The largest absolute Gasteiger partial charge is 0.464 e. The highest BCUT2D eigenvalue weighted by atomic mass is 32.1. The van der Waals surface area contributed by atoms with Crippen molar-refractivity contribution >= 4 is 27.5 Å². The van der Waals surface area contributed by atoms with Crippen molar-refractivity contribution in [1.29, 1.82) is 0 Å². The minimum absolute atomic E-state index is 0.121. The second-order valence-electron chi connectivity index (χ2n) is 5.69. The summed E-state index contributed by atoms with van der Waals surface area (Å²) in [5.41, 5.74) is 1.02. The Morgan fingerprint density at radius 1 is 1.50 bits per heavy atom. The van der Waals surface area contributed by atoms with Crippen LogP contribution in [0.2, 0.25) is 0 Å². The quantitative estimate of drug-likeness (QED) is 0.628. The zero-order valence-corrected chi connectivity index (χ0v) is 13.7. The highest BCUT2D eigenvalue weighted by Gasteiger charge is 2.24. The van der Waals surface area contributed by atoms with Gasteiger partial charge in [-0.25, -0.2) is 9.78 Å². The second kappa shape index (κ2) is 6.20. The van der Waals surface area contributed by atoms with Crippen molar-refractivity contribution in [2.24, 2.45) is 0 Å². The summed E-state index contributed by atoms with van der Waals surface area (Å²) in [7, 11) is 0. The van der Waals surface area contributed by atoms with E-state index in [0.717, 1.165) is 42.5 Å². The summed E-state index contributed by atoms with van der Waals surface area (Å²) in [5, 5.41) is 0.702. The molecule has 1 aliphatic carbocycles. The normalized spacial score (nSPS) is 15.0. The first-order chi connectivity index (χ1) is 10.6. The molecule has 118 valence electrons. The number of nitrogens with zero attached hydrogens (tertiary/aromatic N) is 2. The molecule has 0 saturated carbocycles. The lowest BCUT2D eigenvalue weighted by Crippen LogP contribution is -2.29. The van der Waals surface area contributed by atoms with Crippen LogP contribution < -0.4 is 5.56 Å². The van der Waals surface area contributed by atoms with Gasteiger partial charge in [-0.15, -0.1) is 11.3 Å². The molecule has 0 N–H and O–H groups in total. The molecule has 3 rings (SSSR count). The zero-order chi connectivity index (χ0) is 15.7. The zero-order valence-electron chi connectivity index (χ0n) is 12.9. The second-order valence-corrected chi connectivity index (χ2v) is 6.78. The number of hydrogen-bond donors (Lipinski definition) is 0. The number of rotatable bonds is 5. The Bertz CT molecular complexity index is 763. The Balaban J connectivity index is 1.92. The third kappa shape index (κ3) is 2.56. The van der Waals surface area contributed by atoms with E-state index in [1.165, 1.54) is 15.8 Å². The van der Waals surface area contributed by atoms with Crippen LogP contribution in [-0.4, -0.2) is 22.1 Å². The third-order valence-corrected chi connectivity index (χ3v) is 5.35. The van der Waals surface area contributed by atoms with Gasteiger partial charge in [0.2, 0.25) is 0 Å². The van der Waals surface area contributed by atoms with Gasteiger partial charge in [-0.05, 0) is 38.2 Å². The molecule has 0 radical (unpaired) electrons. The van der Waals surface area contributed by atoms with Gasteiger partial charge in [-0.1, -0.05) is 13.3 Å². The van der Waals surface area contributed by atoms with Crippen molar-refractivity contribution in [2.45, 2.75) is 52.0 Å². The lowest BCUT2D eigenvalue weighted by molar-refractivity contribution is -0.147. The molecule has 2 aromatic heterocycles. The van der Waals surface area contributed by atoms with Gasteiger partial charge in [0.05, 0.1) is 18.3 Å². The first-order valence-electron chi connectivity index (χ1n) is 7.81. The fraction of sp³-hybridized carbons (Fsp3) is 0.562. The summed E-state index contributed by atoms with van der Waals surface area (Å²) in [6.45, 7) is 4.13. The van der Waals surface area contributed by atoms with Gasteiger partial charge >= 0.3 is 5.97 Å². The molecule has 1 atom stereocenters. The van der Waals surface area contributed by atoms with Crippen molar-refractivity contribution in [3.8, 4) is 0 Å². The van der Waals surface area contributed by atoms with Crippen LogP contribution in [0, 0.1) is 0 Å². The van der Waals surface area contributed by atoms with E-state index in [4.69, 9.17) is 4.74 Å². The molecule has 22 heavy (non-hydrogen) atoms. The van der Waals surface area contributed by atoms with Crippen molar-refractivity contribution < 1.29 is 9.53 Å². The third-order valence-electron chi connectivity index (χ3n) is 4.15. The molecule has 1 aliphatic rings. The van der Waals surface area contributed by atoms with Crippen LogP contribution in [0.25, 0.3) is 10.2 Å². The van der Waals surface area contributed by atoms with Crippen molar-refractivity contribution in [2.75, 3.05) is 6.61 Å². The van der Waals surface area contributed by atoms with E-state index >= 15 is 0 Å². The number of carbonyl (C=O) groups is 1. The molecule has 0 spiro atoms. The van der Waals surface area contributed by atoms with Crippen molar-refractivity contribution in [3.63, 3.8) is 0 Å². The number of aryl methyl sites for hydroxylation is 2. The van der Waals surface area contributed by atoms with Gasteiger partial charge in [0, 0.05) is 4.88 Å². The fourth-order valence-electron chi connectivity index (χ4n) is 2.82. The van der Waals surface area contributed by atoms with Crippen LogP contribution in [0.3, 0.4) is 0 Å². The first-order valence-corrected chi connectivity index (χ1v) is 8.63. The van der Waals surface area contributed by atoms with E-state index in [2.05, 4.69) is 4.98 Å². The molecule has 1 unspecified atom stereocenters. The molecule has 6 heteroatoms. The summed E-state index contributed by atoms with van der Waals surface area (Å²) in [6.07, 6.45) is 6.34. The van der Waals surface area contributed by atoms with Crippen molar-refractivity contribution in [3.05, 3.63) is 27.1 Å². The standard InChI is InChI=1S/C16H20N2O3S/c1-3-4-8-21-16(20)10(2)18-9-17-14-13(15(18)19)11-6-5-7-12(11)22-14/h9-10H,3-8H2,1-2H3. The Kier molecular flexibility index (Phi) is 4.29. The number of hydrogen-bond acceptors (Lipinski definition) is 5. The van der Waals surface area contributed by atoms with Gasteiger partial charge in [-0.3, -0.25) is 9.36 Å². The number of thiophene rings is 1. The number of unbranched alkanes of at least 4 members (excludes halogenated alkanes) is 1. The maximum absolute atomic E-state index is 12.7. The maximum Gasteiger partial charge on any atom is 0.328 e. The van der Waals surface area contributed by atoms with Gasteiger partial charge in [-0.2, -0.15) is 0 Å². The van der Waals surface area contributed by atoms with E-state index in [1.807, 2.05) is 6.92 Å². The molecule has 2 heterocycles. The smallest absolute Gasteiger partial charge is 0.328 e. The van der Waals surface area contributed by atoms with Gasteiger partial charge < -0.3 is 4.74 Å². The number of aromatic nitrogens is 2. The van der Waals surface area contributed by atoms with Crippen LogP contribution in [0.5, 0.6) is 0 Å². The van der Waals surface area contributed by atoms with Gasteiger partial charge in [0.1, 0.15) is 10.9 Å². The van der Waals surface area contributed by atoms with Crippen LogP contribution in [0.4, 0.5) is 0 Å². The SMILES string of the molecule is CCCCOC(=O)C(C)n1cnc2sc3c(c2c1=O)CCC3. The van der Waals surface area contributed by atoms with Crippen molar-refractivity contribution in [1.82, 2.24) is 9.55 Å². The molecule has 0 aromatic carbocycles. The van der Waals surface area contributed by atoms with E-state index in [-0.39, 0.29) is 11.5 Å². The highest BCUT2D eigenvalue weighted by Crippen LogP contribution is 2.34. The summed E-state index contributed by atoms with van der Waals surface area (Å²) < 4.78 is 6.62. The Labute approximate surface area is 132 Å². The molecule has 0 amide bonds. The number of esters is 1. The lowest BCUT2D eigenvalue weighted by Gasteiger charge is -2.14. The fourth-order valence-corrected chi connectivity index (χ4v) is 4.04. The molecule has 0 aliphatic heterocycles. The first kappa shape index (κ1) is 15.2. The van der Waals surface area contributed by atoms with Crippen LogP contribution in [-0.2, 0) is 22.4 Å². The molecular formula is C16H20N2O3S. The predicted molar refractivity (Wildman–Crippen MR) is 86.5 cm³/mol. The number of ether oxygens (including phenoxy) is 1. The molecule has 0 bridgehead atoms. The minimum atomic E-state index is -0.641. The maximum atomic E-state index is 12.7. The van der Waals surface area contributed by atoms with E-state index in [0.29, 0.717) is 12.0 Å². The molecule has 0 fully saturated rings. The molecule has 2 aromatic rings. The summed E-state index contributed by atoms with van der Waals surface area (Å²) >= 11 is 1.61. The monoisotopic (exact) mass is 320 g/mol. The van der Waals surface area contributed by atoms with Gasteiger partial charge in [0.25, 0.3) is 5.56 Å². The number of fused-ring (bicyclic) bond motifs is 3. The summed E-state index contributed by atoms with van der Waals surface area (Å²) in [5.74, 6) is -0.372. The predicted octanol–water partition coefficient (Wildman–Crippen LogP) is 2.85. The molecule has 0 saturated heterocycles. The average Bonchev–Trinajstić information content (AvgIpc) is 3.07. The highest BCUT2D eigenvalue weighted by molar-refractivity contribution is 7.18. The van der Waals surface area contributed by atoms with Gasteiger partial charge in [0.15, 0.2) is 0 Å². The summed E-state index contributed by atoms with van der Waals surface area (Å²) in [6, 6.07) is -0.641.